The summed E-state index contributed by atoms with van der Waals surface area (Å²) in [5.74, 6) is 0. The number of hydrogen-bond acceptors (Lipinski definition) is 4. The third-order valence-electron chi connectivity index (χ3n) is 4.09. The topological polar surface area (TPSA) is 55.3 Å². The molecule has 0 saturated carbocycles. The SMILES string of the molecule is CC(C)(C)c1nc(OC(=O)N2CCCCC2)nc2ccccc12. The molecule has 1 aromatic carbocycles. The fourth-order valence-corrected chi connectivity index (χ4v) is 2.89. The Morgan fingerprint density at radius 2 is 1.78 bits per heavy atom. The van der Waals surface area contributed by atoms with Gasteiger partial charge in [-0.3, -0.25) is 0 Å². The van der Waals surface area contributed by atoms with Crippen LogP contribution in [0.5, 0.6) is 6.01 Å². The van der Waals surface area contributed by atoms with Gasteiger partial charge in [0.05, 0.1) is 11.2 Å². The van der Waals surface area contributed by atoms with Crippen LogP contribution in [0.1, 0.15) is 45.7 Å². The molecule has 1 saturated heterocycles. The van der Waals surface area contributed by atoms with Crippen molar-refractivity contribution in [3.63, 3.8) is 0 Å². The lowest BCUT2D eigenvalue weighted by atomic mass is 9.89. The van der Waals surface area contributed by atoms with E-state index < -0.39 is 0 Å². The highest BCUT2D eigenvalue weighted by Crippen LogP contribution is 2.29. The molecule has 1 aliphatic rings. The fraction of sp³-hybridized carbons (Fsp3) is 0.500. The molecule has 2 aromatic rings. The average molecular weight is 313 g/mol. The molecule has 5 nitrogen and oxygen atoms in total. The van der Waals surface area contributed by atoms with Crippen molar-refractivity contribution >= 4 is 17.0 Å². The van der Waals surface area contributed by atoms with E-state index in [0.717, 1.165) is 42.5 Å². The maximum absolute atomic E-state index is 12.3. The first-order valence-corrected chi connectivity index (χ1v) is 8.19. The molecule has 1 aliphatic heterocycles. The summed E-state index contributed by atoms with van der Waals surface area (Å²) >= 11 is 0. The van der Waals surface area contributed by atoms with Gasteiger partial charge in [0.1, 0.15) is 0 Å². The second-order valence-electron chi connectivity index (χ2n) is 7.04. The molecular formula is C18H23N3O2. The molecule has 122 valence electrons. The number of carbonyl (C=O) groups is 1. The Bertz CT molecular complexity index is 716. The number of benzene rings is 1. The number of hydrogen-bond donors (Lipinski definition) is 0. The molecular weight excluding hydrogens is 290 g/mol. The standard InChI is InChI=1S/C18H23N3O2/c1-18(2,3)15-13-9-5-6-10-14(13)19-16(20-15)23-17(22)21-11-7-4-8-12-21/h5-6,9-10H,4,7-8,11-12H2,1-3H3. The number of aromatic nitrogens is 2. The summed E-state index contributed by atoms with van der Waals surface area (Å²) in [7, 11) is 0. The number of amides is 1. The summed E-state index contributed by atoms with van der Waals surface area (Å²) < 4.78 is 5.46. The van der Waals surface area contributed by atoms with Gasteiger partial charge in [-0.1, -0.05) is 39.0 Å². The van der Waals surface area contributed by atoms with Crippen LogP contribution in [0.4, 0.5) is 4.79 Å². The molecule has 0 unspecified atom stereocenters. The van der Waals surface area contributed by atoms with Crippen LogP contribution in [-0.4, -0.2) is 34.1 Å². The Hall–Kier alpha value is -2.17. The first kappa shape index (κ1) is 15.7. The molecule has 0 radical (unpaired) electrons. The summed E-state index contributed by atoms with van der Waals surface area (Å²) in [6.45, 7) is 7.78. The van der Waals surface area contributed by atoms with Crippen molar-refractivity contribution in [1.29, 1.82) is 0 Å². The largest absolute Gasteiger partial charge is 0.417 e. The molecule has 5 heteroatoms. The van der Waals surface area contributed by atoms with E-state index in [4.69, 9.17) is 4.74 Å². The zero-order valence-electron chi connectivity index (χ0n) is 14.0. The molecule has 0 aliphatic carbocycles. The smallest absolute Gasteiger partial charge is 0.374 e. The second-order valence-corrected chi connectivity index (χ2v) is 7.04. The molecule has 0 spiro atoms. The summed E-state index contributed by atoms with van der Waals surface area (Å²) in [6.07, 6.45) is 2.88. The molecule has 1 aromatic heterocycles. The van der Waals surface area contributed by atoms with E-state index in [0.29, 0.717) is 0 Å². The number of carbonyl (C=O) groups excluding carboxylic acids is 1. The number of nitrogens with zero attached hydrogens (tertiary/aromatic N) is 3. The Balaban J connectivity index is 1.93. The van der Waals surface area contributed by atoms with Crippen molar-refractivity contribution in [2.45, 2.75) is 45.4 Å². The van der Waals surface area contributed by atoms with Crippen LogP contribution in [0.2, 0.25) is 0 Å². The number of piperidine rings is 1. The zero-order valence-corrected chi connectivity index (χ0v) is 14.0. The number of para-hydroxylation sites is 1. The summed E-state index contributed by atoms with van der Waals surface area (Å²) in [6, 6.07) is 7.97. The van der Waals surface area contributed by atoms with Crippen LogP contribution in [0.25, 0.3) is 10.9 Å². The minimum Gasteiger partial charge on any atom is -0.374 e. The van der Waals surface area contributed by atoms with Gasteiger partial charge in [-0.2, -0.15) is 9.97 Å². The normalized spacial score (nSPS) is 15.7. The molecule has 3 rings (SSSR count). The zero-order chi connectivity index (χ0) is 16.4. The summed E-state index contributed by atoms with van der Waals surface area (Å²) in [5, 5.41) is 0.998. The lowest BCUT2D eigenvalue weighted by molar-refractivity contribution is 0.139. The van der Waals surface area contributed by atoms with E-state index in [1.165, 1.54) is 6.42 Å². The Kier molecular flexibility index (Phi) is 4.20. The van der Waals surface area contributed by atoms with Crippen LogP contribution in [0.3, 0.4) is 0 Å². The number of rotatable bonds is 1. The molecule has 23 heavy (non-hydrogen) atoms. The Morgan fingerprint density at radius 1 is 1.09 bits per heavy atom. The predicted molar refractivity (Wildman–Crippen MR) is 89.7 cm³/mol. The van der Waals surface area contributed by atoms with Gasteiger partial charge in [0, 0.05) is 23.9 Å². The van der Waals surface area contributed by atoms with Crippen LogP contribution in [-0.2, 0) is 5.41 Å². The van der Waals surface area contributed by atoms with E-state index in [9.17, 15) is 4.79 Å². The Morgan fingerprint density at radius 3 is 2.48 bits per heavy atom. The lowest BCUT2D eigenvalue weighted by Crippen LogP contribution is -2.38. The highest BCUT2D eigenvalue weighted by molar-refractivity contribution is 5.82. The molecule has 1 amide bonds. The quantitative estimate of drug-likeness (QED) is 0.801. The minimum absolute atomic E-state index is 0.143. The van der Waals surface area contributed by atoms with Gasteiger partial charge in [0.2, 0.25) is 0 Å². The van der Waals surface area contributed by atoms with E-state index in [2.05, 4.69) is 30.7 Å². The van der Waals surface area contributed by atoms with E-state index in [1.54, 1.807) is 4.90 Å². The number of ether oxygens (including phenoxy) is 1. The van der Waals surface area contributed by atoms with Crippen molar-refractivity contribution in [3.05, 3.63) is 30.0 Å². The number of fused-ring (bicyclic) bond motifs is 1. The first-order valence-electron chi connectivity index (χ1n) is 8.19. The van der Waals surface area contributed by atoms with Crippen LogP contribution in [0, 0.1) is 0 Å². The minimum atomic E-state index is -0.347. The fourth-order valence-electron chi connectivity index (χ4n) is 2.89. The van der Waals surface area contributed by atoms with E-state index >= 15 is 0 Å². The predicted octanol–water partition coefficient (Wildman–Crippen LogP) is 3.91. The van der Waals surface area contributed by atoms with E-state index in [1.807, 2.05) is 24.3 Å². The lowest BCUT2D eigenvalue weighted by Gasteiger charge is -2.25. The van der Waals surface area contributed by atoms with Gasteiger partial charge in [-0.05, 0) is 25.3 Å². The molecule has 2 heterocycles. The third-order valence-corrected chi connectivity index (χ3v) is 4.09. The van der Waals surface area contributed by atoms with Gasteiger partial charge in [0.25, 0.3) is 0 Å². The van der Waals surface area contributed by atoms with Crippen molar-refractivity contribution in [2.24, 2.45) is 0 Å². The van der Waals surface area contributed by atoms with Gasteiger partial charge >= 0.3 is 12.1 Å². The van der Waals surface area contributed by atoms with Gasteiger partial charge < -0.3 is 9.64 Å². The summed E-state index contributed by atoms with van der Waals surface area (Å²) in [4.78, 5) is 23.0. The Labute approximate surface area is 136 Å². The number of likely N-dealkylation sites (tertiary alicyclic amines) is 1. The van der Waals surface area contributed by atoms with Crippen LogP contribution < -0.4 is 4.74 Å². The van der Waals surface area contributed by atoms with Crippen molar-refractivity contribution < 1.29 is 9.53 Å². The van der Waals surface area contributed by atoms with Gasteiger partial charge in [0.15, 0.2) is 0 Å². The monoisotopic (exact) mass is 313 g/mol. The van der Waals surface area contributed by atoms with Gasteiger partial charge in [-0.15, -0.1) is 0 Å². The maximum atomic E-state index is 12.3. The average Bonchev–Trinajstić information content (AvgIpc) is 2.54. The van der Waals surface area contributed by atoms with Gasteiger partial charge in [-0.25, -0.2) is 4.79 Å². The summed E-state index contributed by atoms with van der Waals surface area (Å²) in [5.41, 5.74) is 1.54. The highest BCUT2D eigenvalue weighted by atomic mass is 16.6. The van der Waals surface area contributed by atoms with E-state index in [-0.39, 0.29) is 17.5 Å². The van der Waals surface area contributed by atoms with Crippen molar-refractivity contribution in [2.75, 3.05) is 13.1 Å². The molecule has 0 atom stereocenters. The van der Waals surface area contributed by atoms with Crippen LogP contribution >= 0.6 is 0 Å². The first-order chi connectivity index (χ1) is 10.9. The second kappa shape index (κ2) is 6.14. The van der Waals surface area contributed by atoms with Crippen LogP contribution in [0.15, 0.2) is 24.3 Å². The maximum Gasteiger partial charge on any atom is 0.417 e. The molecule has 0 bridgehead atoms. The van der Waals surface area contributed by atoms with Crippen molar-refractivity contribution in [3.8, 4) is 6.01 Å². The third kappa shape index (κ3) is 3.44. The molecule has 0 N–H and O–H groups in total. The highest BCUT2D eigenvalue weighted by Gasteiger charge is 2.23. The molecule has 1 fully saturated rings. The van der Waals surface area contributed by atoms with Crippen molar-refractivity contribution in [1.82, 2.24) is 14.9 Å².